The molecule has 4 aromatic rings. The van der Waals surface area contributed by atoms with Crippen LogP contribution in [0.4, 0.5) is 0 Å². The average molecular weight is 569 g/mol. The predicted octanol–water partition coefficient (Wildman–Crippen LogP) is 11.2. The maximum atomic E-state index is 9.01. The number of rotatable bonds is 8. The lowest BCUT2D eigenvalue weighted by Gasteiger charge is -2.21. The first-order valence-corrected chi connectivity index (χ1v) is 15.7. The van der Waals surface area contributed by atoms with Gasteiger partial charge in [-0.15, -0.1) is 0 Å². The van der Waals surface area contributed by atoms with E-state index >= 15 is 0 Å². The van der Waals surface area contributed by atoms with Crippen molar-refractivity contribution in [2.75, 3.05) is 7.11 Å². The van der Waals surface area contributed by atoms with Crippen molar-refractivity contribution in [3.05, 3.63) is 107 Å². The van der Waals surface area contributed by atoms with E-state index in [0.29, 0.717) is 35.3 Å². The van der Waals surface area contributed by atoms with E-state index in [0.717, 1.165) is 18.6 Å². The molecule has 0 fully saturated rings. The van der Waals surface area contributed by atoms with Crippen LogP contribution in [0, 0.1) is 5.92 Å². The monoisotopic (exact) mass is 568 g/mol. The van der Waals surface area contributed by atoms with Gasteiger partial charge in [-0.1, -0.05) is 116 Å². The number of phenolic OH excluding ortho intramolecular Hbond substituents is 1. The highest BCUT2D eigenvalue weighted by atomic mass is 16.7. The molecule has 0 amide bonds. The Bertz CT molecular complexity index is 1310. The van der Waals surface area contributed by atoms with Crippen molar-refractivity contribution < 1.29 is 14.6 Å². The van der Waals surface area contributed by atoms with Crippen molar-refractivity contribution in [2.24, 2.45) is 5.92 Å². The van der Waals surface area contributed by atoms with Crippen LogP contribution in [0.2, 0.25) is 0 Å². The van der Waals surface area contributed by atoms with Gasteiger partial charge < -0.3 is 14.6 Å². The molecule has 3 heteroatoms. The normalized spacial score (nSPS) is 17.5. The summed E-state index contributed by atoms with van der Waals surface area (Å²) in [4.78, 5) is 0. The number of benzene rings is 4. The molecule has 3 nitrogen and oxygen atoms in total. The summed E-state index contributed by atoms with van der Waals surface area (Å²) in [6, 6.07) is 29.1. The lowest BCUT2D eigenvalue weighted by molar-refractivity contribution is -0.0833. The third kappa shape index (κ3) is 8.38. The fourth-order valence-electron chi connectivity index (χ4n) is 5.44. The average Bonchev–Trinajstić information content (AvgIpc) is 3.26. The molecule has 0 spiro atoms. The van der Waals surface area contributed by atoms with Gasteiger partial charge in [-0.25, -0.2) is 0 Å². The summed E-state index contributed by atoms with van der Waals surface area (Å²) in [5.74, 6) is 4.11. The summed E-state index contributed by atoms with van der Waals surface area (Å²) < 4.78 is 11.1. The van der Waals surface area contributed by atoms with Crippen LogP contribution in [0.25, 0.3) is 10.8 Å². The predicted molar refractivity (Wildman–Crippen MR) is 179 cm³/mol. The van der Waals surface area contributed by atoms with Gasteiger partial charge in [0.2, 0.25) is 6.29 Å². The van der Waals surface area contributed by atoms with Crippen molar-refractivity contribution in [1.29, 1.82) is 0 Å². The maximum absolute atomic E-state index is 9.01. The third-order valence-corrected chi connectivity index (χ3v) is 8.87. The molecule has 5 atom stereocenters. The molecule has 5 rings (SSSR count). The van der Waals surface area contributed by atoms with Crippen LogP contribution >= 0.6 is 0 Å². The molecule has 4 aromatic carbocycles. The van der Waals surface area contributed by atoms with Gasteiger partial charge in [-0.3, -0.25) is 0 Å². The van der Waals surface area contributed by atoms with Gasteiger partial charge in [0.1, 0.15) is 11.5 Å². The molecule has 0 radical (unpaired) electrons. The van der Waals surface area contributed by atoms with Gasteiger partial charge >= 0.3 is 0 Å². The molecule has 0 aromatic heterocycles. The zero-order chi connectivity index (χ0) is 30.8. The van der Waals surface area contributed by atoms with Crippen LogP contribution < -0.4 is 4.74 Å². The summed E-state index contributed by atoms with van der Waals surface area (Å²) in [7, 11) is 1.68. The summed E-state index contributed by atoms with van der Waals surface area (Å²) >= 11 is 0. The SMILES string of the molecule is CC1c2cccc3cccc(c23)C1C.CCC(C)c1ccc(O)cc1.CCC(C)c1ccc(OC(OC)C(C)C)cc1. The van der Waals surface area contributed by atoms with Gasteiger partial charge in [-0.05, 0) is 93.8 Å². The Morgan fingerprint density at radius 1 is 0.667 bits per heavy atom. The molecular formula is C39H52O3. The maximum Gasteiger partial charge on any atom is 0.201 e. The second-order valence-electron chi connectivity index (χ2n) is 12.1. The zero-order valence-corrected chi connectivity index (χ0v) is 27.2. The molecule has 5 unspecified atom stereocenters. The number of ether oxygens (including phenoxy) is 2. The van der Waals surface area contributed by atoms with Crippen molar-refractivity contribution in [3.63, 3.8) is 0 Å². The van der Waals surface area contributed by atoms with Gasteiger partial charge in [0, 0.05) is 13.0 Å². The highest BCUT2D eigenvalue weighted by Gasteiger charge is 2.27. The van der Waals surface area contributed by atoms with E-state index in [1.54, 1.807) is 19.2 Å². The molecular weight excluding hydrogens is 516 g/mol. The third-order valence-electron chi connectivity index (χ3n) is 8.87. The Morgan fingerprint density at radius 2 is 1.12 bits per heavy atom. The smallest absolute Gasteiger partial charge is 0.201 e. The molecule has 0 bridgehead atoms. The van der Waals surface area contributed by atoms with E-state index in [4.69, 9.17) is 14.6 Å². The molecule has 1 aliphatic carbocycles. The fourth-order valence-corrected chi connectivity index (χ4v) is 5.44. The minimum Gasteiger partial charge on any atom is -0.508 e. The Morgan fingerprint density at radius 3 is 1.52 bits per heavy atom. The fraction of sp³-hybridized carbons (Fsp3) is 0.436. The summed E-state index contributed by atoms with van der Waals surface area (Å²) in [6.45, 7) is 17.6. The van der Waals surface area contributed by atoms with Gasteiger partial charge in [0.15, 0.2) is 0 Å². The van der Waals surface area contributed by atoms with E-state index in [2.05, 4.69) is 104 Å². The van der Waals surface area contributed by atoms with Gasteiger partial charge in [0.25, 0.3) is 0 Å². The number of aromatic hydroxyl groups is 1. The Balaban J connectivity index is 0.000000177. The molecule has 1 aliphatic rings. The molecule has 0 heterocycles. The van der Waals surface area contributed by atoms with Crippen molar-refractivity contribution in [3.8, 4) is 11.5 Å². The lowest BCUT2D eigenvalue weighted by atomic mass is 9.94. The van der Waals surface area contributed by atoms with E-state index in [1.807, 2.05) is 24.3 Å². The summed E-state index contributed by atoms with van der Waals surface area (Å²) in [6.07, 6.45) is 2.13. The first-order chi connectivity index (χ1) is 20.1. The van der Waals surface area contributed by atoms with Crippen LogP contribution in [0.5, 0.6) is 11.5 Å². The van der Waals surface area contributed by atoms with Crippen molar-refractivity contribution in [1.82, 2.24) is 0 Å². The van der Waals surface area contributed by atoms with Crippen molar-refractivity contribution >= 4 is 10.8 Å². The second kappa shape index (κ2) is 15.8. The lowest BCUT2D eigenvalue weighted by Crippen LogP contribution is -2.24. The van der Waals surface area contributed by atoms with Gasteiger partial charge in [-0.2, -0.15) is 0 Å². The molecule has 0 saturated carbocycles. The Hall–Kier alpha value is -3.30. The largest absolute Gasteiger partial charge is 0.508 e. The first-order valence-electron chi connectivity index (χ1n) is 15.7. The molecule has 226 valence electrons. The summed E-state index contributed by atoms with van der Waals surface area (Å²) in [5.41, 5.74) is 5.72. The van der Waals surface area contributed by atoms with Crippen LogP contribution in [0.1, 0.15) is 114 Å². The Labute approximate surface area is 254 Å². The van der Waals surface area contributed by atoms with Crippen LogP contribution in [0.3, 0.4) is 0 Å². The topological polar surface area (TPSA) is 38.7 Å². The van der Waals surface area contributed by atoms with Crippen LogP contribution in [-0.2, 0) is 4.74 Å². The van der Waals surface area contributed by atoms with E-state index < -0.39 is 0 Å². The van der Waals surface area contributed by atoms with Crippen LogP contribution in [0.15, 0.2) is 84.9 Å². The van der Waals surface area contributed by atoms with Gasteiger partial charge in [0.05, 0.1) is 0 Å². The number of hydrogen-bond donors (Lipinski definition) is 1. The Kier molecular flexibility index (Phi) is 12.5. The van der Waals surface area contributed by atoms with Crippen molar-refractivity contribution in [2.45, 2.75) is 98.2 Å². The zero-order valence-electron chi connectivity index (χ0n) is 27.2. The molecule has 0 saturated heterocycles. The number of phenols is 1. The number of hydrogen-bond acceptors (Lipinski definition) is 3. The molecule has 42 heavy (non-hydrogen) atoms. The minimum atomic E-state index is -0.176. The highest BCUT2D eigenvalue weighted by molar-refractivity contribution is 5.92. The highest BCUT2D eigenvalue weighted by Crippen LogP contribution is 2.45. The standard InChI is InChI=1S/C15H24O2.C14H14.C10H14O/c1-6-12(4)13-7-9-14(10-8-13)17-15(16-5)11(2)3;1-9-10(2)13-8-4-6-11-5-3-7-12(9)14(11)13;1-3-8(2)9-4-6-10(11)7-5-9/h7-12,15H,6H2,1-5H3;3-10H,1-2H3;4-8,11H,3H2,1-2H3. The van der Waals surface area contributed by atoms with E-state index in [-0.39, 0.29) is 6.29 Å². The first kappa shape index (κ1) is 33.2. The number of methoxy groups -OCH3 is 1. The molecule has 0 aliphatic heterocycles. The van der Waals surface area contributed by atoms with E-state index in [1.165, 1.54) is 33.0 Å². The van der Waals surface area contributed by atoms with Crippen LogP contribution in [-0.4, -0.2) is 18.5 Å². The quantitative estimate of drug-likeness (QED) is 0.215. The second-order valence-corrected chi connectivity index (χ2v) is 12.1. The minimum absolute atomic E-state index is 0.176. The molecule has 1 N–H and O–H groups in total. The van der Waals surface area contributed by atoms with E-state index in [9.17, 15) is 0 Å². The summed E-state index contributed by atoms with van der Waals surface area (Å²) in [5, 5.41) is 11.9.